The van der Waals surface area contributed by atoms with E-state index in [-0.39, 0.29) is 6.04 Å². The summed E-state index contributed by atoms with van der Waals surface area (Å²) < 4.78 is 5.10. The van der Waals surface area contributed by atoms with Crippen LogP contribution in [0.3, 0.4) is 0 Å². The number of rotatable bonds is 4. The van der Waals surface area contributed by atoms with Gasteiger partial charge in [0.1, 0.15) is 0 Å². The van der Waals surface area contributed by atoms with E-state index in [1.807, 2.05) is 0 Å². The molecule has 78 valence electrons. The van der Waals surface area contributed by atoms with Crippen LogP contribution in [0.4, 0.5) is 0 Å². The first-order valence-corrected chi connectivity index (χ1v) is 5.52. The highest BCUT2D eigenvalue weighted by atomic mass is 16.5. The van der Waals surface area contributed by atoms with Crippen molar-refractivity contribution in [2.24, 2.45) is 17.6 Å². The predicted octanol–water partition coefficient (Wildman–Crippen LogP) is 2.18. The van der Waals surface area contributed by atoms with Gasteiger partial charge in [-0.1, -0.05) is 26.2 Å². The van der Waals surface area contributed by atoms with Gasteiger partial charge in [0.25, 0.3) is 0 Å². The highest BCUT2D eigenvalue weighted by molar-refractivity contribution is 4.79. The van der Waals surface area contributed by atoms with Crippen molar-refractivity contribution in [1.82, 2.24) is 0 Å². The summed E-state index contributed by atoms with van der Waals surface area (Å²) in [5.41, 5.74) is 6.05. The summed E-state index contributed by atoms with van der Waals surface area (Å²) in [6.07, 6.45) is 6.71. The molecule has 2 N–H and O–H groups in total. The zero-order valence-electron chi connectivity index (χ0n) is 8.96. The van der Waals surface area contributed by atoms with Gasteiger partial charge in [-0.3, -0.25) is 0 Å². The Balaban J connectivity index is 2.32. The van der Waals surface area contributed by atoms with Crippen molar-refractivity contribution in [1.29, 1.82) is 0 Å². The van der Waals surface area contributed by atoms with Crippen LogP contribution in [0.2, 0.25) is 0 Å². The highest BCUT2D eigenvalue weighted by Gasteiger charge is 2.25. The summed E-state index contributed by atoms with van der Waals surface area (Å²) in [5, 5.41) is 0. The van der Waals surface area contributed by atoms with Crippen LogP contribution in [-0.4, -0.2) is 19.8 Å². The number of hydrogen-bond acceptors (Lipinski definition) is 2. The van der Waals surface area contributed by atoms with E-state index < -0.39 is 0 Å². The molecule has 0 aromatic carbocycles. The lowest BCUT2D eigenvalue weighted by Crippen LogP contribution is -2.37. The van der Waals surface area contributed by atoms with Crippen LogP contribution < -0.4 is 5.73 Å². The van der Waals surface area contributed by atoms with Crippen molar-refractivity contribution in [3.63, 3.8) is 0 Å². The van der Waals surface area contributed by atoms with Gasteiger partial charge in [-0.2, -0.15) is 0 Å². The van der Waals surface area contributed by atoms with Crippen molar-refractivity contribution in [3.8, 4) is 0 Å². The summed E-state index contributed by atoms with van der Waals surface area (Å²) in [4.78, 5) is 0. The Hall–Kier alpha value is -0.0800. The molecule has 0 saturated heterocycles. The summed E-state index contributed by atoms with van der Waals surface area (Å²) in [6, 6.07) is 0.263. The molecule has 0 amide bonds. The summed E-state index contributed by atoms with van der Waals surface area (Å²) in [5.74, 6) is 1.63. The molecular formula is C11H23NO. The van der Waals surface area contributed by atoms with E-state index in [0.717, 1.165) is 12.5 Å². The highest BCUT2D eigenvalue weighted by Crippen LogP contribution is 2.32. The maximum atomic E-state index is 6.05. The van der Waals surface area contributed by atoms with Gasteiger partial charge in [-0.25, -0.2) is 0 Å². The molecule has 0 bridgehead atoms. The Bertz CT molecular complexity index is 138. The maximum Gasteiger partial charge on any atom is 0.0616 e. The van der Waals surface area contributed by atoms with Crippen LogP contribution >= 0.6 is 0 Å². The Kier molecular flexibility index (Phi) is 4.74. The van der Waals surface area contributed by atoms with Crippen LogP contribution in [0.25, 0.3) is 0 Å². The third kappa shape index (κ3) is 3.28. The number of hydrogen-bond donors (Lipinski definition) is 1. The molecule has 0 radical (unpaired) electrons. The van der Waals surface area contributed by atoms with E-state index in [0.29, 0.717) is 5.92 Å². The van der Waals surface area contributed by atoms with Crippen molar-refractivity contribution in [2.75, 3.05) is 13.7 Å². The van der Waals surface area contributed by atoms with E-state index in [1.54, 1.807) is 7.11 Å². The van der Waals surface area contributed by atoms with Crippen molar-refractivity contribution in [2.45, 2.75) is 45.1 Å². The molecule has 3 atom stereocenters. The normalized spacial score (nSPS) is 31.6. The molecule has 0 heterocycles. The average Bonchev–Trinajstić information content (AvgIpc) is 2.18. The minimum atomic E-state index is 0.263. The number of methoxy groups -OCH3 is 1. The first-order chi connectivity index (χ1) is 6.27. The van der Waals surface area contributed by atoms with Gasteiger partial charge in [0.05, 0.1) is 6.61 Å². The molecular weight excluding hydrogens is 162 g/mol. The van der Waals surface area contributed by atoms with E-state index >= 15 is 0 Å². The molecule has 2 heteroatoms. The zero-order chi connectivity index (χ0) is 9.68. The van der Waals surface area contributed by atoms with Crippen LogP contribution in [0.15, 0.2) is 0 Å². The second-order valence-electron chi connectivity index (χ2n) is 4.32. The van der Waals surface area contributed by atoms with Gasteiger partial charge < -0.3 is 10.5 Å². The molecule has 3 unspecified atom stereocenters. The topological polar surface area (TPSA) is 35.2 Å². The fourth-order valence-electron chi connectivity index (χ4n) is 2.42. The lowest BCUT2D eigenvalue weighted by atomic mass is 9.77. The minimum Gasteiger partial charge on any atom is -0.383 e. The Morgan fingerprint density at radius 1 is 1.46 bits per heavy atom. The van der Waals surface area contributed by atoms with E-state index in [9.17, 15) is 0 Å². The van der Waals surface area contributed by atoms with Crippen LogP contribution in [0.1, 0.15) is 39.0 Å². The third-order valence-corrected chi connectivity index (χ3v) is 3.37. The quantitative estimate of drug-likeness (QED) is 0.728. The largest absolute Gasteiger partial charge is 0.383 e. The molecule has 0 aromatic heterocycles. The molecule has 1 aliphatic carbocycles. The van der Waals surface area contributed by atoms with E-state index in [4.69, 9.17) is 10.5 Å². The van der Waals surface area contributed by atoms with Crippen LogP contribution in [0.5, 0.6) is 0 Å². The molecule has 0 spiro atoms. The van der Waals surface area contributed by atoms with Crippen molar-refractivity contribution in [3.05, 3.63) is 0 Å². The Morgan fingerprint density at radius 2 is 2.23 bits per heavy atom. The molecule has 2 nitrogen and oxygen atoms in total. The fraction of sp³-hybridized carbons (Fsp3) is 1.00. The van der Waals surface area contributed by atoms with Crippen LogP contribution in [-0.2, 0) is 4.74 Å². The van der Waals surface area contributed by atoms with Gasteiger partial charge in [-0.15, -0.1) is 0 Å². The molecule has 13 heavy (non-hydrogen) atoms. The van der Waals surface area contributed by atoms with Gasteiger partial charge in [0, 0.05) is 13.2 Å². The maximum absolute atomic E-state index is 6.05. The van der Waals surface area contributed by atoms with Gasteiger partial charge >= 0.3 is 0 Å². The van der Waals surface area contributed by atoms with Crippen molar-refractivity contribution < 1.29 is 4.74 Å². The molecule has 1 rings (SSSR count). The van der Waals surface area contributed by atoms with E-state index in [2.05, 4.69) is 6.92 Å². The number of ether oxygens (including phenoxy) is 1. The Labute approximate surface area is 81.8 Å². The van der Waals surface area contributed by atoms with Crippen molar-refractivity contribution >= 4 is 0 Å². The Morgan fingerprint density at radius 3 is 2.85 bits per heavy atom. The van der Waals surface area contributed by atoms with Gasteiger partial charge in [0.15, 0.2) is 0 Å². The lowest BCUT2D eigenvalue weighted by Gasteiger charge is -2.32. The predicted molar refractivity (Wildman–Crippen MR) is 55.6 cm³/mol. The summed E-state index contributed by atoms with van der Waals surface area (Å²) in [6.45, 7) is 3.01. The van der Waals surface area contributed by atoms with E-state index in [1.165, 1.54) is 32.1 Å². The lowest BCUT2D eigenvalue weighted by molar-refractivity contribution is 0.130. The monoisotopic (exact) mass is 185 g/mol. The average molecular weight is 185 g/mol. The summed E-state index contributed by atoms with van der Waals surface area (Å²) in [7, 11) is 1.74. The second-order valence-corrected chi connectivity index (χ2v) is 4.32. The minimum absolute atomic E-state index is 0.263. The third-order valence-electron chi connectivity index (χ3n) is 3.37. The second kappa shape index (κ2) is 5.61. The molecule has 1 aliphatic rings. The molecule has 1 fully saturated rings. The first kappa shape index (κ1) is 11.0. The zero-order valence-corrected chi connectivity index (χ0v) is 8.96. The van der Waals surface area contributed by atoms with Gasteiger partial charge in [-0.05, 0) is 24.7 Å². The molecule has 0 aliphatic heterocycles. The number of nitrogens with two attached hydrogens (primary N) is 1. The smallest absolute Gasteiger partial charge is 0.0616 e. The molecule has 1 saturated carbocycles. The fourth-order valence-corrected chi connectivity index (χ4v) is 2.42. The van der Waals surface area contributed by atoms with Gasteiger partial charge in [0.2, 0.25) is 0 Å². The molecule has 0 aromatic rings. The first-order valence-electron chi connectivity index (χ1n) is 5.52. The summed E-state index contributed by atoms with van der Waals surface area (Å²) >= 11 is 0. The standard InChI is InChI=1S/C11H23NO/c1-3-9-5-4-6-10(7-9)11(12)8-13-2/h9-11H,3-8,12H2,1-2H3. The SMILES string of the molecule is CCC1CCCC(C(N)COC)C1. The van der Waals surface area contributed by atoms with Crippen LogP contribution in [0, 0.1) is 11.8 Å².